The zero-order valence-corrected chi connectivity index (χ0v) is 13.1. The number of urea groups is 1. The molecule has 0 spiro atoms. The number of aromatic nitrogens is 2. The number of carbonyl (C=O) groups is 1. The molecular weight excluding hydrogens is 333 g/mol. The minimum Gasteiger partial charge on any atom is -0.320 e. The first-order chi connectivity index (χ1) is 11.9. The Morgan fingerprint density at radius 3 is 2.56 bits per heavy atom. The molecule has 0 unspecified atom stereocenters. The van der Waals surface area contributed by atoms with E-state index in [0.29, 0.717) is 17.8 Å². The average Bonchev–Trinajstić information content (AvgIpc) is 2.62. The number of alkyl halides is 3. The summed E-state index contributed by atoms with van der Waals surface area (Å²) in [5.74, 6) is 0. The lowest BCUT2D eigenvalue weighted by molar-refractivity contribution is -0.138. The second-order valence-electron chi connectivity index (χ2n) is 5.51. The Bertz CT molecular complexity index is 790. The van der Waals surface area contributed by atoms with Crippen molar-refractivity contribution in [2.75, 3.05) is 18.4 Å². The van der Waals surface area contributed by atoms with Gasteiger partial charge in [-0.05, 0) is 30.2 Å². The number of nitrogens with zero attached hydrogens (tertiary/aromatic N) is 3. The predicted octanol–water partition coefficient (Wildman–Crippen LogP) is 3.82. The van der Waals surface area contributed by atoms with Gasteiger partial charge in [0, 0.05) is 18.8 Å². The summed E-state index contributed by atoms with van der Waals surface area (Å²) in [4.78, 5) is 13.7. The Morgan fingerprint density at radius 1 is 1.16 bits per heavy atom. The highest BCUT2D eigenvalue weighted by Crippen LogP contribution is 2.35. The molecule has 25 heavy (non-hydrogen) atoms. The number of hydrogen-bond donors (Lipinski definition) is 1. The predicted molar refractivity (Wildman–Crippen MR) is 86.7 cm³/mol. The van der Waals surface area contributed by atoms with Gasteiger partial charge in [0.15, 0.2) is 0 Å². The van der Waals surface area contributed by atoms with Gasteiger partial charge in [-0.1, -0.05) is 24.3 Å². The van der Waals surface area contributed by atoms with Gasteiger partial charge in [0.25, 0.3) is 0 Å². The lowest BCUT2D eigenvalue weighted by Gasteiger charge is -2.27. The highest BCUT2D eigenvalue weighted by Gasteiger charge is 2.35. The number of benzene rings is 1. The van der Waals surface area contributed by atoms with Gasteiger partial charge in [0.1, 0.15) is 5.69 Å². The van der Waals surface area contributed by atoms with E-state index < -0.39 is 11.7 Å². The summed E-state index contributed by atoms with van der Waals surface area (Å²) in [5.41, 5.74) is 0.133. The normalized spacial score (nSPS) is 14.8. The van der Waals surface area contributed by atoms with E-state index in [1.807, 2.05) is 6.07 Å². The van der Waals surface area contributed by atoms with Crippen molar-refractivity contribution in [1.29, 1.82) is 0 Å². The van der Waals surface area contributed by atoms with Crippen LogP contribution >= 0.6 is 0 Å². The van der Waals surface area contributed by atoms with Crippen molar-refractivity contribution >= 4 is 17.3 Å². The van der Waals surface area contributed by atoms with Crippen LogP contribution < -0.4 is 5.32 Å². The number of amides is 2. The molecule has 0 saturated carbocycles. The second kappa shape index (κ2) is 6.92. The number of nitrogens with one attached hydrogen (secondary N) is 1. The summed E-state index contributed by atoms with van der Waals surface area (Å²) in [5, 5.41) is 9.96. The van der Waals surface area contributed by atoms with E-state index in [9.17, 15) is 18.0 Å². The summed E-state index contributed by atoms with van der Waals surface area (Å²) in [6, 6.07) is 9.59. The first-order valence-electron chi connectivity index (χ1n) is 7.64. The van der Waals surface area contributed by atoms with Crippen molar-refractivity contribution in [3.63, 3.8) is 0 Å². The van der Waals surface area contributed by atoms with E-state index in [0.717, 1.165) is 12.3 Å². The lowest BCUT2D eigenvalue weighted by Crippen LogP contribution is -2.38. The SMILES string of the molecule is O=C(Nc1ccccc1)N1CC=C(c2nnccc2C(F)(F)F)CC1. The average molecular weight is 348 g/mol. The van der Waals surface area contributed by atoms with Crippen molar-refractivity contribution in [3.8, 4) is 0 Å². The van der Waals surface area contributed by atoms with Gasteiger partial charge in [-0.15, -0.1) is 0 Å². The summed E-state index contributed by atoms with van der Waals surface area (Å²) < 4.78 is 39.2. The molecule has 2 heterocycles. The number of carbonyl (C=O) groups excluding carboxylic acids is 1. The molecule has 0 radical (unpaired) electrons. The molecule has 1 aromatic carbocycles. The van der Waals surface area contributed by atoms with Crippen LogP contribution in [-0.2, 0) is 6.18 Å². The maximum atomic E-state index is 13.1. The Labute approximate surface area is 142 Å². The molecule has 0 atom stereocenters. The van der Waals surface area contributed by atoms with Crippen LogP contribution in [0.15, 0.2) is 48.7 Å². The van der Waals surface area contributed by atoms with Crippen molar-refractivity contribution in [3.05, 3.63) is 59.9 Å². The fourth-order valence-electron chi connectivity index (χ4n) is 2.59. The highest BCUT2D eigenvalue weighted by atomic mass is 19.4. The largest absolute Gasteiger partial charge is 0.418 e. The molecule has 0 bridgehead atoms. The van der Waals surface area contributed by atoms with E-state index in [1.54, 1.807) is 30.3 Å². The molecule has 1 aliphatic heterocycles. The number of rotatable bonds is 2. The van der Waals surface area contributed by atoms with Gasteiger partial charge in [0.05, 0.1) is 11.8 Å². The molecule has 2 amide bonds. The van der Waals surface area contributed by atoms with E-state index >= 15 is 0 Å². The van der Waals surface area contributed by atoms with Crippen LogP contribution in [0.3, 0.4) is 0 Å². The lowest BCUT2D eigenvalue weighted by atomic mass is 10.0. The van der Waals surface area contributed by atoms with Crippen molar-refractivity contribution in [2.45, 2.75) is 12.6 Å². The van der Waals surface area contributed by atoms with Crippen LogP contribution in [0, 0.1) is 0 Å². The maximum Gasteiger partial charge on any atom is 0.418 e. The third-order valence-corrected chi connectivity index (χ3v) is 3.85. The van der Waals surface area contributed by atoms with Gasteiger partial charge < -0.3 is 10.2 Å². The third-order valence-electron chi connectivity index (χ3n) is 3.85. The third kappa shape index (κ3) is 3.96. The topological polar surface area (TPSA) is 58.1 Å². The molecule has 1 N–H and O–H groups in total. The van der Waals surface area contributed by atoms with Crippen LogP contribution in [0.1, 0.15) is 17.7 Å². The van der Waals surface area contributed by atoms with Crippen LogP contribution in [0.2, 0.25) is 0 Å². The number of para-hydroxylation sites is 1. The smallest absolute Gasteiger partial charge is 0.320 e. The molecule has 0 fully saturated rings. The Kier molecular flexibility index (Phi) is 4.69. The first kappa shape index (κ1) is 16.9. The van der Waals surface area contributed by atoms with Crippen molar-refractivity contribution < 1.29 is 18.0 Å². The first-order valence-corrected chi connectivity index (χ1v) is 7.64. The molecule has 8 heteroatoms. The fraction of sp³-hybridized carbons (Fsp3) is 0.235. The maximum absolute atomic E-state index is 13.1. The molecule has 0 aliphatic carbocycles. The summed E-state index contributed by atoms with van der Waals surface area (Å²) in [6.45, 7) is 0.514. The Balaban J connectivity index is 1.72. The molecule has 3 rings (SSSR count). The molecular formula is C17H15F3N4O. The van der Waals surface area contributed by atoms with E-state index in [-0.39, 0.29) is 24.7 Å². The molecule has 1 aliphatic rings. The standard InChI is InChI=1S/C17H15F3N4O/c18-17(19,20)14-6-9-21-23-15(14)12-7-10-24(11-8-12)16(25)22-13-4-2-1-3-5-13/h1-7,9H,8,10-11H2,(H,22,25). The molecule has 0 saturated heterocycles. The fourth-order valence-corrected chi connectivity index (χ4v) is 2.59. The van der Waals surface area contributed by atoms with Gasteiger partial charge in [-0.3, -0.25) is 0 Å². The number of anilines is 1. The second-order valence-corrected chi connectivity index (χ2v) is 5.51. The number of halogens is 3. The van der Waals surface area contributed by atoms with Gasteiger partial charge >= 0.3 is 12.2 Å². The van der Waals surface area contributed by atoms with Crippen LogP contribution in [-0.4, -0.2) is 34.2 Å². The van der Waals surface area contributed by atoms with E-state index in [1.165, 1.54) is 4.90 Å². The zero-order chi connectivity index (χ0) is 17.9. The van der Waals surface area contributed by atoms with Gasteiger partial charge in [0.2, 0.25) is 0 Å². The minimum absolute atomic E-state index is 0.168. The zero-order valence-electron chi connectivity index (χ0n) is 13.1. The van der Waals surface area contributed by atoms with E-state index in [4.69, 9.17) is 0 Å². The van der Waals surface area contributed by atoms with E-state index in [2.05, 4.69) is 15.5 Å². The van der Waals surface area contributed by atoms with Crippen LogP contribution in [0.5, 0.6) is 0 Å². The summed E-state index contributed by atoms with van der Waals surface area (Å²) in [7, 11) is 0. The number of hydrogen-bond acceptors (Lipinski definition) is 3. The van der Waals surface area contributed by atoms with Crippen molar-refractivity contribution in [1.82, 2.24) is 15.1 Å². The summed E-state index contributed by atoms with van der Waals surface area (Å²) in [6.07, 6.45) is -1.60. The Morgan fingerprint density at radius 2 is 1.92 bits per heavy atom. The molecule has 5 nitrogen and oxygen atoms in total. The monoisotopic (exact) mass is 348 g/mol. The van der Waals surface area contributed by atoms with Gasteiger partial charge in [-0.2, -0.15) is 23.4 Å². The molecule has 130 valence electrons. The van der Waals surface area contributed by atoms with Gasteiger partial charge in [-0.25, -0.2) is 4.79 Å². The quantitative estimate of drug-likeness (QED) is 0.898. The van der Waals surface area contributed by atoms with Crippen LogP contribution in [0.4, 0.5) is 23.7 Å². The van der Waals surface area contributed by atoms with Crippen molar-refractivity contribution in [2.24, 2.45) is 0 Å². The summed E-state index contributed by atoms with van der Waals surface area (Å²) >= 11 is 0. The molecule has 2 aromatic rings. The highest BCUT2D eigenvalue weighted by molar-refractivity contribution is 5.90. The Hall–Kier alpha value is -2.90. The minimum atomic E-state index is -4.49. The molecule has 1 aromatic heterocycles. The van der Waals surface area contributed by atoms with Crippen LogP contribution in [0.25, 0.3) is 5.57 Å².